The maximum Gasteiger partial charge on any atom is 0.271 e. The number of nitriles is 1. The predicted octanol–water partition coefficient (Wildman–Crippen LogP) is 5.61. The number of nitrogens with zero attached hydrogens (tertiary/aromatic N) is 2. The third-order valence-corrected chi connectivity index (χ3v) is 4.91. The largest absolute Gasteiger partial charge is 0.490 e. The van der Waals surface area contributed by atoms with Crippen molar-refractivity contribution < 1.29 is 14.3 Å². The third-order valence-electron chi connectivity index (χ3n) is 4.32. The molecule has 8 heteroatoms. The van der Waals surface area contributed by atoms with Gasteiger partial charge in [-0.25, -0.2) is 5.43 Å². The lowest BCUT2D eigenvalue weighted by Gasteiger charge is -2.13. The van der Waals surface area contributed by atoms with Gasteiger partial charge in [0.05, 0.1) is 24.5 Å². The zero-order chi connectivity index (χ0) is 22.9. The van der Waals surface area contributed by atoms with Gasteiger partial charge in [0.15, 0.2) is 11.5 Å². The Morgan fingerprint density at radius 1 is 1.06 bits per heavy atom. The molecule has 32 heavy (non-hydrogen) atoms. The van der Waals surface area contributed by atoms with Crippen LogP contribution in [0.4, 0.5) is 0 Å². The minimum Gasteiger partial charge on any atom is -0.490 e. The zero-order valence-corrected chi connectivity index (χ0v) is 18.7. The Balaban J connectivity index is 1.66. The molecule has 0 spiro atoms. The molecule has 0 saturated heterocycles. The fourth-order valence-electron chi connectivity index (χ4n) is 2.71. The van der Waals surface area contributed by atoms with E-state index in [1.807, 2.05) is 19.1 Å². The number of nitrogens with one attached hydrogen (secondary N) is 1. The minimum atomic E-state index is -0.379. The molecule has 3 aromatic rings. The highest BCUT2D eigenvalue weighted by atomic mass is 35.5. The summed E-state index contributed by atoms with van der Waals surface area (Å²) in [5.41, 5.74) is 4.86. The van der Waals surface area contributed by atoms with Crippen molar-refractivity contribution in [1.29, 1.82) is 5.26 Å². The van der Waals surface area contributed by atoms with Crippen molar-refractivity contribution in [1.82, 2.24) is 5.43 Å². The number of rotatable bonds is 8. The Labute approximate surface area is 196 Å². The molecule has 0 saturated carbocycles. The average Bonchev–Trinajstić information content (AvgIpc) is 2.79. The van der Waals surface area contributed by atoms with Crippen LogP contribution in [0.25, 0.3) is 0 Å². The molecule has 0 aliphatic carbocycles. The number of ether oxygens (including phenoxy) is 2. The van der Waals surface area contributed by atoms with Gasteiger partial charge in [-0.05, 0) is 67.1 Å². The van der Waals surface area contributed by atoms with Gasteiger partial charge in [0, 0.05) is 21.2 Å². The van der Waals surface area contributed by atoms with Gasteiger partial charge in [-0.15, -0.1) is 0 Å². The minimum absolute atomic E-state index is 0.254. The van der Waals surface area contributed by atoms with Gasteiger partial charge >= 0.3 is 0 Å². The standard InChI is InChI=1S/C24H19Cl2N3O3/c1-2-31-23-11-17(14-28-29-24(30)18-6-3-16(13-27)4-7-18)5-10-22(23)32-15-19-8-9-20(25)12-21(19)26/h3-12,14H,2,15H2,1H3,(H,29,30)/b28-14-. The van der Waals surface area contributed by atoms with E-state index in [2.05, 4.69) is 10.5 Å². The van der Waals surface area contributed by atoms with E-state index >= 15 is 0 Å². The monoisotopic (exact) mass is 467 g/mol. The smallest absolute Gasteiger partial charge is 0.271 e. The van der Waals surface area contributed by atoms with Crippen LogP contribution in [0.15, 0.2) is 65.8 Å². The summed E-state index contributed by atoms with van der Waals surface area (Å²) in [6.07, 6.45) is 1.50. The molecule has 3 rings (SSSR count). The number of amides is 1. The first-order valence-electron chi connectivity index (χ1n) is 9.67. The zero-order valence-electron chi connectivity index (χ0n) is 17.1. The van der Waals surface area contributed by atoms with Gasteiger partial charge in [0.2, 0.25) is 0 Å². The Morgan fingerprint density at radius 3 is 2.53 bits per heavy atom. The lowest BCUT2D eigenvalue weighted by atomic mass is 10.1. The number of benzene rings is 3. The van der Waals surface area contributed by atoms with Crippen molar-refractivity contribution in [3.05, 3.63) is 93.0 Å². The van der Waals surface area contributed by atoms with E-state index in [0.29, 0.717) is 44.8 Å². The van der Waals surface area contributed by atoms with Crippen molar-refractivity contribution in [2.45, 2.75) is 13.5 Å². The number of hydrogen-bond donors (Lipinski definition) is 1. The Hall–Kier alpha value is -3.53. The van der Waals surface area contributed by atoms with Crippen LogP contribution in [0.2, 0.25) is 10.0 Å². The number of carbonyl (C=O) groups excluding carboxylic acids is 1. The topological polar surface area (TPSA) is 83.7 Å². The lowest BCUT2D eigenvalue weighted by molar-refractivity contribution is 0.0955. The van der Waals surface area contributed by atoms with E-state index in [1.54, 1.807) is 54.6 Å². The van der Waals surface area contributed by atoms with Crippen LogP contribution in [0.1, 0.15) is 34.0 Å². The SMILES string of the molecule is CCOc1cc(/C=N\NC(=O)c2ccc(C#N)cc2)ccc1OCc1ccc(Cl)cc1Cl. The van der Waals surface area contributed by atoms with Gasteiger partial charge in [0.25, 0.3) is 5.91 Å². The van der Waals surface area contributed by atoms with E-state index in [4.69, 9.17) is 37.9 Å². The van der Waals surface area contributed by atoms with Gasteiger partial charge in [-0.1, -0.05) is 29.3 Å². The van der Waals surface area contributed by atoms with Crippen LogP contribution < -0.4 is 14.9 Å². The fourth-order valence-corrected chi connectivity index (χ4v) is 3.18. The summed E-state index contributed by atoms with van der Waals surface area (Å²) in [5, 5.41) is 13.9. The quantitative estimate of drug-likeness (QED) is 0.344. The Bertz CT molecular complexity index is 1170. The van der Waals surface area contributed by atoms with Crippen LogP contribution in [0.5, 0.6) is 11.5 Å². The van der Waals surface area contributed by atoms with Crippen LogP contribution in [0.3, 0.4) is 0 Å². The molecule has 6 nitrogen and oxygen atoms in total. The molecule has 162 valence electrons. The average molecular weight is 468 g/mol. The number of halogens is 2. The number of carbonyl (C=O) groups is 1. The van der Waals surface area contributed by atoms with Crippen LogP contribution in [0, 0.1) is 11.3 Å². The summed E-state index contributed by atoms with van der Waals surface area (Å²) < 4.78 is 11.6. The lowest BCUT2D eigenvalue weighted by Crippen LogP contribution is -2.17. The van der Waals surface area contributed by atoms with Gasteiger partial charge < -0.3 is 9.47 Å². The van der Waals surface area contributed by atoms with Crippen LogP contribution in [-0.2, 0) is 6.61 Å². The van der Waals surface area contributed by atoms with Crippen LogP contribution in [-0.4, -0.2) is 18.7 Å². The highest BCUT2D eigenvalue weighted by Gasteiger charge is 2.09. The second-order valence-electron chi connectivity index (χ2n) is 6.55. The maximum atomic E-state index is 12.2. The van der Waals surface area contributed by atoms with Crippen molar-refractivity contribution in [3.8, 4) is 17.6 Å². The number of hydrazone groups is 1. The third kappa shape index (κ3) is 6.24. The first kappa shape index (κ1) is 23.1. The summed E-state index contributed by atoms with van der Waals surface area (Å²) in [5.74, 6) is 0.715. The predicted molar refractivity (Wildman–Crippen MR) is 125 cm³/mol. The highest BCUT2D eigenvalue weighted by molar-refractivity contribution is 6.35. The normalized spacial score (nSPS) is 10.6. The summed E-state index contributed by atoms with van der Waals surface area (Å²) in [6.45, 7) is 2.58. The molecule has 0 atom stereocenters. The number of hydrogen-bond acceptors (Lipinski definition) is 5. The molecule has 0 aliphatic rings. The molecule has 3 aromatic carbocycles. The van der Waals surface area contributed by atoms with Gasteiger partial charge in [0.1, 0.15) is 6.61 Å². The fraction of sp³-hybridized carbons (Fsp3) is 0.125. The van der Waals surface area contributed by atoms with Gasteiger partial charge in [-0.3, -0.25) is 4.79 Å². The summed E-state index contributed by atoms with van der Waals surface area (Å²) in [6, 6.07) is 18.8. The summed E-state index contributed by atoms with van der Waals surface area (Å²) in [7, 11) is 0. The molecule has 0 aromatic heterocycles. The molecule has 0 unspecified atom stereocenters. The molecule has 0 fully saturated rings. The highest BCUT2D eigenvalue weighted by Crippen LogP contribution is 2.30. The van der Waals surface area contributed by atoms with Crippen molar-refractivity contribution in [2.24, 2.45) is 5.10 Å². The van der Waals surface area contributed by atoms with E-state index < -0.39 is 0 Å². The first-order chi connectivity index (χ1) is 15.5. The Kier molecular flexibility index (Phi) is 8.09. The first-order valence-corrected chi connectivity index (χ1v) is 10.4. The molecule has 1 N–H and O–H groups in total. The molecular weight excluding hydrogens is 449 g/mol. The molecule has 0 radical (unpaired) electrons. The van der Waals surface area contributed by atoms with E-state index in [-0.39, 0.29) is 12.5 Å². The summed E-state index contributed by atoms with van der Waals surface area (Å²) >= 11 is 12.1. The molecule has 1 amide bonds. The second kappa shape index (κ2) is 11.2. The maximum absolute atomic E-state index is 12.2. The Morgan fingerprint density at radius 2 is 1.84 bits per heavy atom. The van der Waals surface area contributed by atoms with E-state index in [0.717, 1.165) is 5.56 Å². The molecule has 0 bridgehead atoms. The van der Waals surface area contributed by atoms with Crippen molar-refractivity contribution in [3.63, 3.8) is 0 Å². The van der Waals surface area contributed by atoms with Crippen molar-refractivity contribution >= 4 is 35.3 Å². The molecule has 0 aliphatic heterocycles. The summed E-state index contributed by atoms with van der Waals surface area (Å²) in [4.78, 5) is 12.2. The van der Waals surface area contributed by atoms with E-state index in [1.165, 1.54) is 6.21 Å². The van der Waals surface area contributed by atoms with Crippen molar-refractivity contribution in [2.75, 3.05) is 6.61 Å². The molecular formula is C24H19Cl2N3O3. The molecule has 0 heterocycles. The van der Waals surface area contributed by atoms with Gasteiger partial charge in [-0.2, -0.15) is 10.4 Å². The van der Waals surface area contributed by atoms with E-state index in [9.17, 15) is 4.79 Å². The second-order valence-corrected chi connectivity index (χ2v) is 7.40. The van der Waals surface area contributed by atoms with Crippen LogP contribution >= 0.6 is 23.2 Å².